The highest BCUT2D eigenvalue weighted by Gasteiger charge is 2.31. The molecule has 1 atom stereocenters. The topological polar surface area (TPSA) is 103 Å². The normalized spacial score (nSPS) is 15.3. The summed E-state index contributed by atoms with van der Waals surface area (Å²) in [5.74, 6) is -0.183. The molecule has 8 heteroatoms. The van der Waals surface area contributed by atoms with E-state index in [0.717, 1.165) is 16.8 Å². The number of anilines is 3. The van der Waals surface area contributed by atoms with Crippen molar-refractivity contribution in [1.29, 1.82) is 0 Å². The van der Waals surface area contributed by atoms with Gasteiger partial charge in [-0.3, -0.25) is 4.79 Å². The number of benzene rings is 3. The van der Waals surface area contributed by atoms with E-state index in [1.165, 1.54) is 0 Å². The van der Waals surface area contributed by atoms with Crippen molar-refractivity contribution in [2.75, 3.05) is 15.5 Å². The second-order valence-corrected chi connectivity index (χ2v) is 10.1. The van der Waals surface area contributed by atoms with Crippen LogP contribution in [0.2, 0.25) is 0 Å². The molecule has 5 amide bonds. The van der Waals surface area contributed by atoms with Gasteiger partial charge in [-0.1, -0.05) is 48.5 Å². The number of carbonyl (C=O) groups excluding carboxylic acids is 3. The highest BCUT2D eigenvalue weighted by molar-refractivity contribution is 6.01. The van der Waals surface area contributed by atoms with Crippen LogP contribution in [-0.4, -0.2) is 29.6 Å². The molecule has 0 aromatic heterocycles. The van der Waals surface area contributed by atoms with Crippen molar-refractivity contribution in [3.63, 3.8) is 0 Å². The van der Waals surface area contributed by atoms with Crippen LogP contribution in [0.1, 0.15) is 38.3 Å². The van der Waals surface area contributed by atoms with E-state index in [2.05, 4.69) is 21.3 Å². The van der Waals surface area contributed by atoms with E-state index in [0.29, 0.717) is 30.8 Å². The number of carbonyl (C=O) groups is 3. The Hall–Kier alpha value is -4.33. The second kappa shape index (κ2) is 11.2. The molecule has 8 nitrogen and oxygen atoms in total. The summed E-state index contributed by atoms with van der Waals surface area (Å²) in [4.78, 5) is 40.5. The SMILES string of the molecule is CC(C)(C)NC(=O)Nc1cccc(CN2C(=O)C(NC(=O)Nc3ccccc3)CCc3ccccc32)c1. The zero-order valence-electron chi connectivity index (χ0n) is 21.4. The van der Waals surface area contributed by atoms with Gasteiger partial charge in [-0.25, -0.2) is 9.59 Å². The van der Waals surface area contributed by atoms with Crippen molar-refractivity contribution in [1.82, 2.24) is 10.6 Å². The monoisotopic (exact) mass is 499 g/mol. The van der Waals surface area contributed by atoms with Crippen LogP contribution in [-0.2, 0) is 17.8 Å². The highest BCUT2D eigenvalue weighted by Crippen LogP contribution is 2.29. The zero-order chi connectivity index (χ0) is 26.4. The number of urea groups is 2. The lowest BCUT2D eigenvalue weighted by Crippen LogP contribution is -2.49. The molecule has 0 saturated carbocycles. The number of amides is 5. The summed E-state index contributed by atoms with van der Waals surface area (Å²) in [7, 11) is 0. The third-order valence-corrected chi connectivity index (χ3v) is 5.90. The fourth-order valence-electron chi connectivity index (χ4n) is 4.29. The molecule has 3 aromatic carbocycles. The summed E-state index contributed by atoms with van der Waals surface area (Å²) in [5.41, 5.74) is 3.64. The number of nitrogens with zero attached hydrogens (tertiary/aromatic N) is 1. The third-order valence-electron chi connectivity index (χ3n) is 5.90. The van der Waals surface area contributed by atoms with Gasteiger partial charge in [0.15, 0.2) is 0 Å². The molecular formula is C29H33N5O3. The molecule has 192 valence electrons. The summed E-state index contributed by atoms with van der Waals surface area (Å²) >= 11 is 0. The lowest BCUT2D eigenvalue weighted by molar-refractivity contribution is -0.120. The molecule has 3 aromatic rings. The summed E-state index contributed by atoms with van der Waals surface area (Å²) in [6, 6.07) is 22.9. The van der Waals surface area contributed by atoms with Crippen LogP contribution >= 0.6 is 0 Å². The van der Waals surface area contributed by atoms with Crippen LogP contribution in [0.3, 0.4) is 0 Å². The maximum Gasteiger partial charge on any atom is 0.319 e. The predicted molar refractivity (Wildman–Crippen MR) is 147 cm³/mol. The average Bonchev–Trinajstić information content (AvgIpc) is 2.96. The first kappa shape index (κ1) is 25.8. The van der Waals surface area contributed by atoms with Crippen molar-refractivity contribution >= 4 is 35.0 Å². The summed E-state index contributed by atoms with van der Waals surface area (Å²) < 4.78 is 0. The van der Waals surface area contributed by atoms with Gasteiger partial charge >= 0.3 is 12.1 Å². The standard InChI is InChI=1S/C29H33N5O3/c1-29(2,3)33-28(37)31-23-14-9-10-20(18-23)19-34-25-15-8-7-11-21(25)16-17-24(26(34)35)32-27(36)30-22-12-5-4-6-13-22/h4-15,18,24H,16-17,19H2,1-3H3,(H2,30,32,36)(H2,31,33,37). The Balaban J connectivity index is 1.52. The summed E-state index contributed by atoms with van der Waals surface area (Å²) in [5, 5.41) is 11.4. The van der Waals surface area contributed by atoms with Crippen molar-refractivity contribution < 1.29 is 14.4 Å². The number of para-hydroxylation sites is 2. The van der Waals surface area contributed by atoms with Gasteiger partial charge in [-0.05, 0) is 75.1 Å². The van der Waals surface area contributed by atoms with Crippen molar-refractivity contribution in [3.8, 4) is 0 Å². The maximum absolute atomic E-state index is 13.7. The van der Waals surface area contributed by atoms with Crippen molar-refractivity contribution in [3.05, 3.63) is 90.0 Å². The Morgan fingerprint density at radius 2 is 1.54 bits per heavy atom. The molecule has 0 fully saturated rings. The van der Waals surface area contributed by atoms with Crippen LogP contribution in [0.15, 0.2) is 78.9 Å². The van der Waals surface area contributed by atoms with Gasteiger partial charge in [0.1, 0.15) is 6.04 Å². The number of hydrogen-bond donors (Lipinski definition) is 4. The van der Waals surface area contributed by atoms with Crippen LogP contribution in [0.4, 0.5) is 26.7 Å². The van der Waals surface area contributed by atoms with E-state index < -0.39 is 12.1 Å². The van der Waals surface area contributed by atoms with E-state index >= 15 is 0 Å². The quantitative estimate of drug-likeness (QED) is 0.384. The molecule has 4 rings (SSSR count). The first-order chi connectivity index (χ1) is 17.7. The lowest BCUT2D eigenvalue weighted by Gasteiger charge is -2.27. The predicted octanol–water partition coefficient (Wildman–Crippen LogP) is 5.28. The van der Waals surface area contributed by atoms with E-state index in [1.807, 2.05) is 87.5 Å². The Labute approximate surface area is 217 Å². The Morgan fingerprint density at radius 3 is 2.30 bits per heavy atom. The molecule has 4 N–H and O–H groups in total. The van der Waals surface area contributed by atoms with Crippen LogP contribution in [0.25, 0.3) is 0 Å². The number of nitrogens with one attached hydrogen (secondary N) is 4. The first-order valence-electron chi connectivity index (χ1n) is 12.4. The maximum atomic E-state index is 13.7. The first-order valence-corrected chi connectivity index (χ1v) is 12.4. The number of aryl methyl sites for hydroxylation is 1. The van der Waals surface area contributed by atoms with E-state index in [-0.39, 0.29) is 17.5 Å². The molecular weight excluding hydrogens is 466 g/mol. The Morgan fingerprint density at radius 1 is 0.865 bits per heavy atom. The van der Waals surface area contributed by atoms with Crippen LogP contribution in [0, 0.1) is 0 Å². The van der Waals surface area contributed by atoms with Crippen LogP contribution < -0.4 is 26.2 Å². The molecule has 0 radical (unpaired) electrons. The molecule has 37 heavy (non-hydrogen) atoms. The van der Waals surface area contributed by atoms with E-state index in [4.69, 9.17) is 0 Å². The Bertz CT molecular complexity index is 1270. The minimum absolute atomic E-state index is 0.183. The lowest BCUT2D eigenvalue weighted by atomic mass is 10.1. The molecule has 1 heterocycles. The van der Waals surface area contributed by atoms with Gasteiger partial charge in [-0.15, -0.1) is 0 Å². The average molecular weight is 500 g/mol. The van der Waals surface area contributed by atoms with Gasteiger partial charge in [0.05, 0.1) is 6.54 Å². The molecule has 0 spiro atoms. The van der Waals surface area contributed by atoms with Gasteiger partial charge < -0.3 is 26.2 Å². The fraction of sp³-hybridized carbons (Fsp3) is 0.276. The van der Waals surface area contributed by atoms with Gasteiger partial charge in [-0.2, -0.15) is 0 Å². The third kappa shape index (κ3) is 7.10. The Kier molecular flexibility index (Phi) is 7.77. The second-order valence-electron chi connectivity index (χ2n) is 10.1. The zero-order valence-corrected chi connectivity index (χ0v) is 21.4. The fourth-order valence-corrected chi connectivity index (χ4v) is 4.29. The number of hydrogen-bond acceptors (Lipinski definition) is 3. The van der Waals surface area contributed by atoms with Crippen molar-refractivity contribution in [2.24, 2.45) is 0 Å². The highest BCUT2D eigenvalue weighted by atomic mass is 16.2. The van der Waals surface area contributed by atoms with Gasteiger partial charge in [0.25, 0.3) is 0 Å². The molecule has 0 bridgehead atoms. The number of rotatable bonds is 5. The molecule has 1 aliphatic rings. The minimum Gasteiger partial charge on any atom is -0.333 e. The molecule has 0 saturated heterocycles. The van der Waals surface area contributed by atoms with E-state index in [9.17, 15) is 14.4 Å². The van der Waals surface area contributed by atoms with Crippen molar-refractivity contribution in [2.45, 2.75) is 51.7 Å². The smallest absolute Gasteiger partial charge is 0.319 e. The number of fused-ring (bicyclic) bond motifs is 1. The van der Waals surface area contributed by atoms with E-state index in [1.54, 1.807) is 17.0 Å². The van der Waals surface area contributed by atoms with Crippen LogP contribution in [0.5, 0.6) is 0 Å². The molecule has 1 aliphatic heterocycles. The largest absolute Gasteiger partial charge is 0.333 e. The van der Waals surface area contributed by atoms with Gasteiger partial charge in [0.2, 0.25) is 5.91 Å². The van der Waals surface area contributed by atoms with Gasteiger partial charge in [0, 0.05) is 22.6 Å². The summed E-state index contributed by atoms with van der Waals surface area (Å²) in [6.45, 7) is 6.03. The summed E-state index contributed by atoms with van der Waals surface area (Å²) in [6.07, 6.45) is 1.15. The minimum atomic E-state index is -0.685. The molecule has 0 aliphatic carbocycles. The molecule has 1 unspecified atom stereocenters.